The topological polar surface area (TPSA) is 98.5 Å². The molecule has 0 amide bonds. The highest BCUT2D eigenvalue weighted by molar-refractivity contribution is 5.76. The van der Waals surface area contributed by atoms with E-state index in [4.69, 9.17) is 9.47 Å². The molecule has 0 fully saturated rings. The van der Waals surface area contributed by atoms with Gasteiger partial charge in [0.25, 0.3) is 5.82 Å². The fraction of sp³-hybridized carbons (Fsp3) is 0.438. The zero-order chi connectivity index (χ0) is 20.0. The van der Waals surface area contributed by atoms with Crippen LogP contribution < -0.4 is 10.1 Å². The molecule has 146 valence electrons. The minimum atomic E-state index is -4.79. The van der Waals surface area contributed by atoms with Crippen molar-refractivity contribution in [2.24, 2.45) is 5.92 Å². The van der Waals surface area contributed by atoms with Gasteiger partial charge >= 0.3 is 12.1 Å². The van der Waals surface area contributed by atoms with E-state index in [1.807, 2.05) is 0 Å². The number of hydrogen-bond acceptors (Lipinski definition) is 7. The van der Waals surface area contributed by atoms with Crippen LogP contribution in [0.3, 0.4) is 0 Å². The largest absolute Gasteiger partial charge is 0.497 e. The summed E-state index contributed by atoms with van der Waals surface area (Å²) in [6.45, 7) is 1.26. The van der Waals surface area contributed by atoms with Crippen LogP contribution >= 0.6 is 0 Å². The number of rotatable bonds is 3. The number of nitrogens with zero attached hydrogens (tertiary/aromatic N) is 3. The summed E-state index contributed by atoms with van der Waals surface area (Å²) in [5, 5.41) is 16.7. The van der Waals surface area contributed by atoms with Gasteiger partial charge in [0.05, 0.1) is 20.3 Å². The normalized spacial score (nSPS) is 24.7. The SMILES string of the molecule is COC(=O)[C@@H]1[C@H](c2cccc(OC)c2)n2nc(C(F)(F)F)nc2N[C@]1(C)O. The predicted molar refractivity (Wildman–Crippen MR) is 85.9 cm³/mol. The van der Waals surface area contributed by atoms with Crippen molar-refractivity contribution in [2.45, 2.75) is 24.9 Å². The van der Waals surface area contributed by atoms with E-state index in [9.17, 15) is 23.1 Å². The Labute approximate surface area is 151 Å². The van der Waals surface area contributed by atoms with Gasteiger partial charge in [-0.1, -0.05) is 12.1 Å². The van der Waals surface area contributed by atoms with Gasteiger partial charge in [-0.2, -0.15) is 18.2 Å². The summed E-state index contributed by atoms with van der Waals surface area (Å²) < 4.78 is 50.1. The van der Waals surface area contributed by atoms with Crippen molar-refractivity contribution in [2.75, 3.05) is 19.5 Å². The molecule has 0 unspecified atom stereocenters. The Morgan fingerprint density at radius 3 is 2.67 bits per heavy atom. The number of carbonyl (C=O) groups is 1. The van der Waals surface area contributed by atoms with Crippen LogP contribution in [0.4, 0.5) is 19.1 Å². The average Bonchev–Trinajstić information content (AvgIpc) is 3.02. The number of alkyl halides is 3. The number of esters is 1. The second kappa shape index (κ2) is 6.41. The highest BCUT2D eigenvalue weighted by Gasteiger charge is 2.52. The van der Waals surface area contributed by atoms with E-state index >= 15 is 0 Å². The van der Waals surface area contributed by atoms with Crippen molar-refractivity contribution in [3.8, 4) is 5.75 Å². The summed E-state index contributed by atoms with van der Waals surface area (Å²) in [5.41, 5.74) is -1.54. The second-order valence-corrected chi connectivity index (χ2v) is 6.20. The number of halogens is 3. The molecule has 0 radical (unpaired) electrons. The van der Waals surface area contributed by atoms with E-state index in [0.717, 1.165) is 11.8 Å². The van der Waals surface area contributed by atoms with E-state index < -0.39 is 35.7 Å². The van der Waals surface area contributed by atoms with E-state index in [-0.39, 0.29) is 5.95 Å². The summed E-state index contributed by atoms with van der Waals surface area (Å²) in [5.74, 6) is -3.41. The first-order valence-corrected chi connectivity index (χ1v) is 7.84. The number of anilines is 1. The second-order valence-electron chi connectivity index (χ2n) is 6.20. The van der Waals surface area contributed by atoms with Gasteiger partial charge < -0.3 is 19.9 Å². The van der Waals surface area contributed by atoms with Crippen LogP contribution in [0.2, 0.25) is 0 Å². The van der Waals surface area contributed by atoms with Gasteiger partial charge in [-0.05, 0) is 24.6 Å². The lowest BCUT2D eigenvalue weighted by Gasteiger charge is -2.41. The van der Waals surface area contributed by atoms with Crippen molar-refractivity contribution >= 4 is 11.9 Å². The molecule has 2 heterocycles. The number of aliphatic hydroxyl groups is 1. The van der Waals surface area contributed by atoms with Crippen LogP contribution in [0, 0.1) is 5.92 Å². The maximum absolute atomic E-state index is 13.1. The van der Waals surface area contributed by atoms with E-state index in [1.165, 1.54) is 14.0 Å². The van der Waals surface area contributed by atoms with Gasteiger partial charge in [0.1, 0.15) is 11.7 Å². The number of ether oxygens (including phenoxy) is 2. The lowest BCUT2D eigenvalue weighted by Crippen LogP contribution is -2.55. The Bertz CT molecular complexity index is 866. The van der Waals surface area contributed by atoms with Crippen LogP contribution in [0.5, 0.6) is 5.75 Å². The number of benzene rings is 1. The number of fused-ring (bicyclic) bond motifs is 1. The molecule has 1 aliphatic heterocycles. The number of methoxy groups -OCH3 is 2. The molecule has 0 spiro atoms. The molecule has 3 rings (SSSR count). The van der Waals surface area contributed by atoms with E-state index in [2.05, 4.69) is 15.4 Å². The molecule has 0 saturated carbocycles. The molecule has 1 aromatic heterocycles. The smallest absolute Gasteiger partial charge is 0.453 e. The monoisotopic (exact) mass is 386 g/mol. The summed E-state index contributed by atoms with van der Waals surface area (Å²) in [6, 6.07) is 5.27. The summed E-state index contributed by atoms with van der Waals surface area (Å²) in [6.07, 6.45) is -4.79. The van der Waals surface area contributed by atoms with Gasteiger partial charge in [-0.25, -0.2) is 4.68 Å². The molecule has 0 aliphatic carbocycles. The Morgan fingerprint density at radius 1 is 1.37 bits per heavy atom. The van der Waals surface area contributed by atoms with Crippen LogP contribution in [-0.2, 0) is 15.7 Å². The third kappa shape index (κ3) is 3.29. The number of carbonyl (C=O) groups excluding carboxylic acids is 1. The molecule has 0 saturated heterocycles. The summed E-state index contributed by atoms with van der Waals surface area (Å²) in [7, 11) is 2.55. The van der Waals surface area contributed by atoms with Crippen molar-refractivity contribution in [3.05, 3.63) is 35.7 Å². The number of nitrogens with one attached hydrogen (secondary N) is 1. The molecule has 3 atom stereocenters. The van der Waals surface area contributed by atoms with Crippen molar-refractivity contribution < 1.29 is 32.5 Å². The maximum Gasteiger partial charge on any atom is 0.453 e. The Kier molecular flexibility index (Phi) is 4.50. The Hall–Kier alpha value is -2.82. The summed E-state index contributed by atoms with van der Waals surface area (Å²) in [4.78, 5) is 15.8. The molecular weight excluding hydrogens is 369 g/mol. The van der Waals surface area contributed by atoms with Crippen molar-refractivity contribution in [1.29, 1.82) is 0 Å². The van der Waals surface area contributed by atoms with Gasteiger partial charge in [-0.15, -0.1) is 5.10 Å². The fourth-order valence-corrected chi connectivity index (χ4v) is 3.12. The number of aromatic nitrogens is 3. The zero-order valence-corrected chi connectivity index (χ0v) is 14.6. The van der Waals surface area contributed by atoms with E-state index in [1.54, 1.807) is 24.3 Å². The van der Waals surface area contributed by atoms with Crippen molar-refractivity contribution in [1.82, 2.24) is 14.8 Å². The standard InChI is InChI=1S/C16H17F3N4O4/c1-15(25)10(12(24)27-3)11(8-5-4-6-9(7-8)26-2)23-14(21-15)20-13(22-23)16(17,18)19/h4-7,10-11,25H,1-3H3,(H,20,21,22)/t10-,11-,15+/m0/s1. The Morgan fingerprint density at radius 2 is 2.07 bits per heavy atom. The lowest BCUT2D eigenvalue weighted by molar-refractivity contribution is -0.156. The first kappa shape index (κ1) is 19.0. The predicted octanol–water partition coefficient (Wildman–Crippen LogP) is 1.82. The van der Waals surface area contributed by atoms with Crippen LogP contribution in [0.1, 0.15) is 24.4 Å². The zero-order valence-electron chi connectivity index (χ0n) is 14.6. The lowest BCUT2D eigenvalue weighted by atomic mass is 9.83. The van der Waals surface area contributed by atoms with Gasteiger partial charge in [0.2, 0.25) is 5.95 Å². The molecule has 27 heavy (non-hydrogen) atoms. The van der Waals surface area contributed by atoms with Crippen LogP contribution in [0.25, 0.3) is 0 Å². The molecule has 2 N–H and O–H groups in total. The molecule has 8 nitrogen and oxygen atoms in total. The first-order chi connectivity index (χ1) is 12.6. The van der Waals surface area contributed by atoms with Gasteiger partial charge in [0, 0.05) is 0 Å². The van der Waals surface area contributed by atoms with E-state index in [0.29, 0.717) is 11.3 Å². The third-order valence-corrected chi connectivity index (χ3v) is 4.32. The van der Waals surface area contributed by atoms with Crippen LogP contribution in [0.15, 0.2) is 24.3 Å². The highest BCUT2D eigenvalue weighted by Crippen LogP contribution is 2.42. The van der Waals surface area contributed by atoms with Gasteiger partial charge in [-0.3, -0.25) is 4.79 Å². The fourth-order valence-electron chi connectivity index (χ4n) is 3.12. The first-order valence-electron chi connectivity index (χ1n) is 7.84. The highest BCUT2D eigenvalue weighted by atomic mass is 19.4. The molecule has 11 heteroatoms. The molecule has 1 aromatic carbocycles. The minimum Gasteiger partial charge on any atom is -0.497 e. The molecule has 2 aromatic rings. The summed E-state index contributed by atoms with van der Waals surface area (Å²) >= 11 is 0. The molecular formula is C16H17F3N4O4. The molecule has 1 aliphatic rings. The van der Waals surface area contributed by atoms with Crippen molar-refractivity contribution in [3.63, 3.8) is 0 Å². The third-order valence-electron chi connectivity index (χ3n) is 4.32. The maximum atomic E-state index is 13.1. The minimum absolute atomic E-state index is 0.319. The average molecular weight is 386 g/mol. The van der Waals surface area contributed by atoms with Gasteiger partial charge in [0.15, 0.2) is 5.72 Å². The quantitative estimate of drug-likeness (QED) is 0.777. The van der Waals surface area contributed by atoms with Crippen LogP contribution in [-0.4, -0.2) is 45.8 Å². The number of hydrogen-bond donors (Lipinski definition) is 2. The Balaban J connectivity index is 2.23. The molecule has 0 bridgehead atoms.